The molecule has 0 aliphatic rings. The molecule has 0 fully saturated rings. The fourth-order valence-electron chi connectivity index (χ4n) is 3.00. The van der Waals surface area contributed by atoms with E-state index in [1.807, 2.05) is 27.7 Å². The minimum absolute atomic E-state index is 0.00194. The zero-order valence-corrected chi connectivity index (χ0v) is 16.9. The maximum absolute atomic E-state index is 13.7. The van der Waals surface area contributed by atoms with Crippen LogP contribution in [-0.4, -0.2) is 22.0 Å². The van der Waals surface area contributed by atoms with E-state index >= 15 is 0 Å². The molecule has 1 amide bonds. The normalized spacial score (nSPS) is 11.3. The van der Waals surface area contributed by atoms with Gasteiger partial charge < -0.3 is 10.6 Å². The first kappa shape index (κ1) is 21.4. The van der Waals surface area contributed by atoms with Crippen molar-refractivity contribution in [3.05, 3.63) is 56.0 Å². The van der Waals surface area contributed by atoms with Crippen molar-refractivity contribution in [3.63, 3.8) is 0 Å². The van der Waals surface area contributed by atoms with Crippen LogP contribution in [0.1, 0.15) is 43.6 Å². The third-order valence-electron chi connectivity index (χ3n) is 4.25. The van der Waals surface area contributed by atoms with Gasteiger partial charge in [-0.1, -0.05) is 33.8 Å². The highest BCUT2D eigenvalue weighted by Crippen LogP contribution is 2.23. The Balaban J connectivity index is 2.70. The molecule has 1 aromatic carbocycles. The van der Waals surface area contributed by atoms with Crippen LogP contribution >= 0.6 is 0 Å². The number of hydrogen-bond donors (Lipinski definition) is 2. The average Bonchev–Trinajstić information content (AvgIpc) is 2.58. The number of aryl methyl sites for hydroxylation is 1. The number of nitrogen functional groups attached to an aromatic ring is 1. The van der Waals surface area contributed by atoms with E-state index in [4.69, 9.17) is 5.73 Å². The molecule has 0 saturated carbocycles. The Hall–Kier alpha value is -2.90. The summed E-state index contributed by atoms with van der Waals surface area (Å²) in [4.78, 5) is 41.5. The third-order valence-corrected chi connectivity index (χ3v) is 4.25. The number of aromatic amines is 1. The van der Waals surface area contributed by atoms with Crippen LogP contribution in [0.15, 0.2) is 27.8 Å². The molecule has 0 aliphatic heterocycles. The second-order valence-corrected chi connectivity index (χ2v) is 7.77. The third kappa shape index (κ3) is 4.49. The van der Waals surface area contributed by atoms with E-state index in [0.717, 1.165) is 6.07 Å². The summed E-state index contributed by atoms with van der Waals surface area (Å²) in [5, 5.41) is 0. The van der Waals surface area contributed by atoms with Crippen molar-refractivity contribution in [1.82, 2.24) is 9.55 Å². The molecule has 0 atom stereocenters. The van der Waals surface area contributed by atoms with Crippen LogP contribution in [0, 0.1) is 24.6 Å². The SMILES string of the molecule is Cc1ccc(F)cc1C(=O)N(CC(C)C)c1c(N)n(CC(C)C)c(=O)[nH]c1=O. The second-order valence-electron chi connectivity index (χ2n) is 7.77. The van der Waals surface area contributed by atoms with E-state index in [0.29, 0.717) is 5.56 Å². The van der Waals surface area contributed by atoms with Gasteiger partial charge in [-0.25, -0.2) is 9.18 Å². The van der Waals surface area contributed by atoms with E-state index in [-0.39, 0.29) is 42.0 Å². The number of anilines is 2. The number of benzene rings is 1. The summed E-state index contributed by atoms with van der Waals surface area (Å²) >= 11 is 0. The summed E-state index contributed by atoms with van der Waals surface area (Å²) in [6.45, 7) is 9.74. The first-order valence-electron chi connectivity index (χ1n) is 9.23. The summed E-state index contributed by atoms with van der Waals surface area (Å²) in [6, 6.07) is 3.91. The van der Waals surface area contributed by atoms with E-state index in [9.17, 15) is 18.8 Å². The molecule has 3 N–H and O–H groups in total. The minimum Gasteiger partial charge on any atom is -0.383 e. The Bertz CT molecular complexity index is 992. The topological polar surface area (TPSA) is 101 Å². The molecule has 0 unspecified atom stereocenters. The van der Waals surface area contributed by atoms with Gasteiger partial charge in [0.25, 0.3) is 11.5 Å². The molecule has 0 saturated heterocycles. The van der Waals surface area contributed by atoms with Crippen LogP contribution in [0.3, 0.4) is 0 Å². The largest absolute Gasteiger partial charge is 0.383 e. The maximum atomic E-state index is 13.7. The predicted octanol–water partition coefficient (Wildman–Crippen LogP) is 2.53. The molecule has 2 aromatic rings. The first-order chi connectivity index (χ1) is 13.0. The monoisotopic (exact) mass is 390 g/mol. The lowest BCUT2D eigenvalue weighted by molar-refractivity contribution is 0.0982. The Morgan fingerprint density at radius 3 is 2.43 bits per heavy atom. The summed E-state index contributed by atoms with van der Waals surface area (Å²) in [5.74, 6) is -1.08. The Morgan fingerprint density at radius 1 is 1.21 bits per heavy atom. The lowest BCUT2D eigenvalue weighted by atomic mass is 10.1. The number of nitrogens with one attached hydrogen (secondary N) is 1. The molecular formula is C20H27FN4O3. The van der Waals surface area contributed by atoms with E-state index < -0.39 is 23.0 Å². The quantitative estimate of drug-likeness (QED) is 0.791. The average molecular weight is 390 g/mol. The van der Waals surface area contributed by atoms with E-state index in [2.05, 4.69) is 4.98 Å². The molecule has 152 valence electrons. The van der Waals surface area contributed by atoms with Gasteiger partial charge in [0.2, 0.25) is 0 Å². The summed E-state index contributed by atoms with van der Waals surface area (Å²) in [5.41, 5.74) is 5.42. The van der Waals surface area contributed by atoms with Crippen LogP contribution in [0.5, 0.6) is 0 Å². The number of aromatic nitrogens is 2. The van der Waals surface area contributed by atoms with E-state index in [1.54, 1.807) is 6.92 Å². The molecule has 7 nitrogen and oxygen atoms in total. The molecular weight excluding hydrogens is 363 g/mol. The van der Waals surface area contributed by atoms with Crippen molar-refractivity contribution in [2.24, 2.45) is 11.8 Å². The summed E-state index contributed by atoms with van der Waals surface area (Å²) in [6.07, 6.45) is 0. The zero-order valence-electron chi connectivity index (χ0n) is 16.9. The number of rotatable bonds is 6. The Kier molecular flexibility index (Phi) is 6.43. The Labute approximate surface area is 163 Å². The van der Waals surface area contributed by atoms with Gasteiger partial charge in [-0.3, -0.25) is 19.1 Å². The highest BCUT2D eigenvalue weighted by molar-refractivity contribution is 6.08. The second kappa shape index (κ2) is 8.41. The minimum atomic E-state index is -0.745. The first-order valence-corrected chi connectivity index (χ1v) is 9.23. The molecule has 28 heavy (non-hydrogen) atoms. The fraction of sp³-hybridized carbons (Fsp3) is 0.450. The van der Waals surface area contributed by atoms with Gasteiger partial charge in [0.05, 0.1) is 0 Å². The van der Waals surface area contributed by atoms with Gasteiger partial charge in [-0.2, -0.15) is 0 Å². The number of amides is 1. The molecule has 0 bridgehead atoms. The van der Waals surface area contributed by atoms with Crippen LogP contribution in [-0.2, 0) is 6.54 Å². The molecule has 1 aromatic heterocycles. The number of hydrogen-bond acceptors (Lipinski definition) is 4. The van der Waals surface area contributed by atoms with Crippen LogP contribution in [0.4, 0.5) is 15.9 Å². The number of carbonyl (C=O) groups excluding carboxylic acids is 1. The van der Waals surface area contributed by atoms with E-state index in [1.165, 1.54) is 21.6 Å². The fourth-order valence-corrected chi connectivity index (χ4v) is 3.00. The summed E-state index contributed by atoms with van der Waals surface area (Å²) < 4.78 is 15.0. The van der Waals surface area contributed by atoms with Crippen molar-refractivity contribution >= 4 is 17.4 Å². The van der Waals surface area contributed by atoms with Gasteiger partial charge in [0, 0.05) is 18.7 Å². The van der Waals surface area contributed by atoms with Crippen LogP contribution in [0.2, 0.25) is 0 Å². The number of nitrogens with two attached hydrogens (primary N) is 1. The maximum Gasteiger partial charge on any atom is 0.330 e. The molecule has 8 heteroatoms. The highest BCUT2D eigenvalue weighted by Gasteiger charge is 2.27. The van der Waals surface area contributed by atoms with Crippen molar-refractivity contribution in [2.75, 3.05) is 17.2 Å². The lowest BCUT2D eigenvalue weighted by Gasteiger charge is -2.27. The number of nitrogens with zero attached hydrogens (tertiary/aromatic N) is 2. The molecule has 0 aliphatic carbocycles. The molecule has 0 radical (unpaired) electrons. The number of carbonyl (C=O) groups is 1. The molecule has 1 heterocycles. The van der Waals surface area contributed by atoms with Crippen molar-refractivity contribution < 1.29 is 9.18 Å². The smallest absolute Gasteiger partial charge is 0.330 e. The van der Waals surface area contributed by atoms with Gasteiger partial charge in [-0.05, 0) is 36.5 Å². The Morgan fingerprint density at radius 2 is 1.86 bits per heavy atom. The lowest BCUT2D eigenvalue weighted by Crippen LogP contribution is -2.43. The predicted molar refractivity (Wildman–Crippen MR) is 108 cm³/mol. The van der Waals surface area contributed by atoms with Crippen LogP contribution in [0.25, 0.3) is 0 Å². The molecule has 0 spiro atoms. The number of halogens is 1. The summed E-state index contributed by atoms with van der Waals surface area (Å²) in [7, 11) is 0. The molecule has 2 rings (SSSR count). The standard InChI is InChI=1S/C20H27FN4O3/c1-11(2)9-24(19(27)15-8-14(21)7-6-13(15)5)16-17(22)25(10-12(3)4)20(28)23-18(16)26/h6-8,11-12H,9-10,22H2,1-5H3,(H,23,26,28). The van der Waals surface area contributed by atoms with Crippen molar-refractivity contribution in [2.45, 2.75) is 41.2 Å². The van der Waals surface area contributed by atoms with Crippen molar-refractivity contribution in [1.29, 1.82) is 0 Å². The zero-order chi connectivity index (χ0) is 21.2. The van der Waals surface area contributed by atoms with Crippen molar-refractivity contribution in [3.8, 4) is 0 Å². The number of H-pyrrole nitrogens is 1. The van der Waals surface area contributed by atoms with Gasteiger partial charge in [0.1, 0.15) is 11.6 Å². The highest BCUT2D eigenvalue weighted by atomic mass is 19.1. The van der Waals surface area contributed by atoms with Crippen LogP contribution < -0.4 is 21.9 Å². The van der Waals surface area contributed by atoms with Gasteiger partial charge in [-0.15, -0.1) is 0 Å². The van der Waals surface area contributed by atoms with Gasteiger partial charge >= 0.3 is 5.69 Å². The van der Waals surface area contributed by atoms with Gasteiger partial charge in [0.15, 0.2) is 5.69 Å².